The SMILES string of the molecule is CCCC[C@]1(CC)CS(=O)(=O)c2cc(C(=O)NC(CC)CC)c(OC)cc2[C@@H](c2ccccc2)N1. The molecule has 1 aliphatic rings. The van der Waals surface area contributed by atoms with Crippen LogP contribution in [0.4, 0.5) is 0 Å². The van der Waals surface area contributed by atoms with Crippen LogP contribution in [0.2, 0.25) is 0 Å². The molecule has 0 fully saturated rings. The van der Waals surface area contributed by atoms with E-state index < -0.39 is 15.4 Å². The van der Waals surface area contributed by atoms with Crippen LogP contribution in [0.5, 0.6) is 5.75 Å². The lowest BCUT2D eigenvalue weighted by Crippen LogP contribution is -2.50. The topological polar surface area (TPSA) is 84.5 Å². The Labute approximate surface area is 210 Å². The maximum Gasteiger partial charge on any atom is 0.255 e. The Balaban J connectivity index is 2.23. The van der Waals surface area contributed by atoms with E-state index in [0.29, 0.717) is 17.7 Å². The van der Waals surface area contributed by atoms with E-state index >= 15 is 0 Å². The number of amides is 1. The van der Waals surface area contributed by atoms with Crippen LogP contribution in [0.3, 0.4) is 0 Å². The van der Waals surface area contributed by atoms with Crippen molar-refractivity contribution in [2.75, 3.05) is 12.9 Å². The summed E-state index contributed by atoms with van der Waals surface area (Å²) in [6.07, 6.45) is 4.95. The minimum absolute atomic E-state index is 0.00718. The molecule has 0 spiro atoms. The van der Waals surface area contributed by atoms with Crippen molar-refractivity contribution in [3.63, 3.8) is 0 Å². The molecule has 6 nitrogen and oxygen atoms in total. The fourth-order valence-corrected chi connectivity index (χ4v) is 7.14. The van der Waals surface area contributed by atoms with Gasteiger partial charge < -0.3 is 10.1 Å². The van der Waals surface area contributed by atoms with Gasteiger partial charge in [-0.15, -0.1) is 0 Å². The van der Waals surface area contributed by atoms with Crippen LogP contribution in [0.15, 0.2) is 47.4 Å². The molecule has 0 saturated carbocycles. The summed E-state index contributed by atoms with van der Waals surface area (Å²) in [6.45, 7) is 8.20. The normalized spacial score (nSPS) is 21.3. The highest BCUT2D eigenvalue weighted by Crippen LogP contribution is 2.40. The third-order valence-corrected chi connectivity index (χ3v) is 9.24. The number of carbonyl (C=O) groups is 1. The minimum Gasteiger partial charge on any atom is -0.496 e. The quantitative estimate of drug-likeness (QED) is 0.455. The van der Waals surface area contributed by atoms with Crippen LogP contribution < -0.4 is 15.4 Å². The van der Waals surface area contributed by atoms with Crippen LogP contribution >= 0.6 is 0 Å². The second kappa shape index (κ2) is 11.6. The molecule has 1 heterocycles. The average molecular weight is 501 g/mol. The van der Waals surface area contributed by atoms with E-state index in [9.17, 15) is 13.2 Å². The third-order valence-electron chi connectivity index (χ3n) is 7.28. The zero-order valence-corrected chi connectivity index (χ0v) is 22.5. The molecule has 1 amide bonds. The molecule has 2 atom stereocenters. The maximum atomic E-state index is 13.9. The van der Waals surface area contributed by atoms with E-state index in [1.807, 2.05) is 51.1 Å². The number of unbranched alkanes of at least 4 members (excludes halogenated alkanes) is 1. The Bertz CT molecular complexity index is 1110. The second-order valence-corrected chi connectivity index (χ2v) is 11.5. The lowest BCUT2D eigenvalue weighted by molar-refractivity contribution is 0.0931. The molecular weight excluding hydrogens is 460 g/mol. The highest BCUT2D eigenvalue weighted by Gasteiger charge is 2.42. The lowest BCUT2D eigenvalue weighted by Gasteiger charge is -2.36. The number of carbonyl (C=O) groups excluding carboxylic acids is 1. The minimum atomic E-state index is -3.69. The molecule has 0 unspecified atom stereocenters. The molecule has 2 aromatic rings. The van der Waals surface area contributed by atoms with Crippen molar-refractivity contribution in [1.82, 2.24) is 10.6 Å². The summed E-state index contributed by atoms with van der Waals surface area (Å²) in [6, 6.07) is 12.9. The predicted molar refractivity (Wildman–Crippen MR) is 141 cm³/mol. The number of rotatable bonds is 10. The van der Waals surface area contributed by atoms with Crippen molar-refractivity contribution in [2.45, 2.75) is 88.7 Å². The number of nitrogens with one attached hydrogen (secondary N) is 2. The number of hydrogen-bond donors (Lipinski definition) is 2. The summed E-state index contributed by atoms with van der Waals surface area (Å²) in [5.74, 6) is 0.0599. The van der Waals surface area contributed by atoms with Gasteiger partial charge in [0.2, 0.25) is 0 Å². The molecule has 0 saturated heterocycles. The summed E-state index contributed by atoms with van der Waals surface area (Å²) in [5.41, 5.74) is 1.29. The molecule has 0 bridgehead atoms. The summed E-state index contributed by atoms with van der Waals surface area (Å²) in [5, 5.41) is 6.78. The molecule has 2 N–H and O–H groups in total. The van der Waals surface area contributed by atoms with E-state index in [-0.39, 0.29) is 34.2 Å². The molecule has 0 aliphatic carbocycles. The number of methoxy groups -OCH3 is 1. The summed E-state index contributed by atoms with van der Waals surface area (Å²) in [4.78, 5) is 13.4. The van der Waals surface area contributed by atoms with E-state index in [1.54, 1.807) is 6.07 Å². The van der Waals surface area contributed by atoms with Crippen LogP contribution in [0.1, 0.15) is 93.7 Å². The van der Waals surface area contributed by atoms with Crippen LogP contribution in [0, 0.1) is 0 Å². The van der Waals surface area contributed by atoms with Crippen LogP contribution in [-0.2, 0) is 9.84 Å². The molecule has 3 rings (SSSR count). The molecule has 7 heteroatoms. The molecular formula is C28H40N2O4S. The van der Waals surface area contributed by atoms with E-state index in [4.69, 9.17) is 4.74 Å². The third kappa shape index (κ3) is 5.89. The Morgan fingerprint density at radius 2 is 1.83 bits per heavy atom. The number of ether oxygens (including phenoxy) is 1. The Hall–Kier alpha value is -2.38. The molecule has 35 heavy (non-hydrogen) atoms. The first kappa shape index (κ1) is 27.2. The molecule has 2 aromatic carbocycles. The molecule has 0 radical (unpaired) electrons. The van der Waals surface area contributed by atoms with Gasteiger partial charge in [0.1, 0.15) is 5.75 Å². The zero-order chi connectivity index (χ0) is 25.6. The average Bonchev–Trinajstić information content (AvgIpc) is 2.97. The summed E-state index contributed by atoms with van der Waals surface area (Å²) >= 11 is 0. The van der Waals surface area contributed by atoms with Crippen molar-refractivity contribution in [2.24, 2.45) is 0 Å². The first-order valence-electron chi connectivity index (χ1n) is 12.8. The Kier molecular flexibility index (Phi) is 9.00. The van der Waals surface area contributed by atoms with Gasteiger partial charge in [-0.25, -0.2) is 8.42 Å². The fourth-order valence-electron chi connectivity index (χ4n) is 4.99. The monoisotopic (exact) mass is 500 g/mol. The van der Waals surface area contributed by atoms with Crippen LogP contribution in [0.25, 0.3) is 0 Å². The molecule has 1 aliphatic heterocycles. The first-order chi connectivity index (χ1) is 16.7. The van der Waals surface area contributed by atoms with Crippen LogP contribution in [-0.4, -0.2) is 38.8 Å². The molecule has 192 valence electrons. The summed E-state index contributed by atoms with van der Waals surface area (Å²) in [7, 11) is -2.17. The summed E-state index contributed by atoms with van der Waals surface area (Å²) < 4.78 is 33.4. The largest absolute Gasteiger partial charge is 0.496 e. The molecule has 0 aromatic heterocycles. The van der Waals surface area contributed by atoms with Gasteiger partial charge in [0, 0.05) is 11.6 Å². The highest BCUT2D eigenvalue weighted by molar-refractivity contribution is 7.91. The smallest absolute Gasteiger partial charge is 0.255 e. The number of sulfone groups is 1. The van der Waals surface area contributed by atoms with Gasteiger partial charge in [-0.3, -0.25) is 10.1 Å². The van der Waals surface area contributed by atoms with E-state index in [2.05, 4.69) is 17.6 Å². The predicted octanol–water partition coefficient (Wildman–Crippen LogP) is 5.42. The van der Waals surface area contributed by atoms with Crippen molar-refractivity contribution < 1.29 is 17.9 Å². The Morgan fingerprint density at radius 3 is 2.40 bits per heavy atom. The van der Waals surface area contributed by atoms with E-state index in [1.165, 1.54) is 13.2 Å². The number of benzene rings is 2. The van der Waals surface area contributed by atoms with Gasteiger partial charge in [0.25, 0.3) is 5.91 Å². The van der Waals surface area contributed by atoms with Crippen molar-refractivity contribution >= 4 is 15.7 Å². The zero-order valence-electron chi connectivity index (χ0n) is 21.7. The van der Waals surface area contributed by atoms with Crippen molar-refractivity contribution in [3.8, 4) is 5.75 Å². The fraction of sp³-hybridized carbons (Fsp3) is 0.536. The number of hydrogen-bond acceptors (Lipinski definition) is 5. The van der Waals surface area contributed by atoms with Gasteiger partial charge in [-0.2, -0.15) is 0 Å². The maximum absolute atomic E-state index is 13.9. The van der Waals surface area contributed by atoms with Gasteiger partial charge in [0.05, 0.1) is 29.4 Å². The van der Waals surface area contributed by atoms with Gasteiger partial charge in [-0.1, -0.05) is 70.9 Å². The van der Waals surface area contributed by atoms with Crippen molar-refractivity contribution in [3.05, 3.63) is 59.2 Å². The van der Waals surface area contributed by atoms with E-state index in [0.717, 1.165) is 37.7 Å². The Morgan fingerprint density at radius 1 is 1.14 bits per heavy atom. The van der Waals surface area contributed by atoms with Gasteiger partial charge in [-0.05, 0) is 48.9 Å². The lowest BCUT2D eigenvalue weighted by atomic mass is 9.88. The highest BCUT2D eigenvalue weighted by atomic mass is 32.2. The standard InChI is InChI=1S/C28H40N2O4S/c1-6-10-16-28(9-4)19-35(32,33)25-18-22(27(31)29-21(7-2)8-3)24(34-5)17-23(25)26(30-28)20-14-12-11-13-15-20/h11-15,17-18,21,26,30H,6-10,16,19H2,1-5H3,(H,29,31)/t26-,28-/m1/s1. The second-order valence-electron chi connectivity index (χ2n) is 9.56. The van der Waals surface area contributed by atoms with Gasteiger partial charge >= 0.3 is 0 Å². The number of fused-ring (bicyclic) bond motifs is 1. The van der Waals surface area contributed by atoms with Gasteiger partial charge in [0.15, 0.2) is 9.84 Å². The van der Waals surface area contributed by atoms with Crippen molar-refractivity contribution in [1.29, 1.82) is 0 Å². The first-order valence-corrected chi connectivity index (χ1v) is 14.5.